The van der Waals surface area contributed by atoms with Gasteiger partial charge in [0.2, 0.25) is 0 Å². The molecule has 0 aliphatic heterocycles. The summed E-state index contributed by atoms with van der Waals surface area (Å²) >= 11 is 1.80. The molecule has 0 N–H and O–H groups in total. The van der Waals surface area contributed by atoms with Crippen molar-refractivity contribution in [2.24, 2.45) is 0 Å². The van der Waals surface area contributed by atoms with Crippen molar-refractivity contribution < 1.29 is 9.47 Å². The number of hydrogen-bond donors (Lipinski definition) is 0. The highest BCUT2D eigenvalue weighted by atomic mass is 32.1. The minimum absolute atomic E-state index is 0.616. The Hall–Kier alpha value is -2.67. The lowest BCUT2D eigenvalue weighted by molar-refractivity contribution is 0.404. The van der Waals surface area contributed by atoms with Gasteiger partial charge in [-0.05, 0) is 49.4 Å². The predicted octanol–water partition coefficient (Wildman–Crippen LogP) is 3.90. The predicted molar refractivity (Wildman–Crippen MR) is 101 cm³/mol. The molecule has 4 aromatic rings. The van der Waals surface area contributed by atoms with Gasteiger partial charge in [0.1, 0.15) is 22.7 Å². The number of hydrogen-bond acceptors (Lipinski definition) is 6. The molecular formula is C19H18N4O2S. The van der Waals surface area contributed by atoms with Crippen molar-refractivity contribution in [1.82, 2.24) is 19.6 Å². The minimum atomic E-state index is 0.616. The number of methoxy groups -OCH3 is 2. The molecule has 1 aromatic carbocycles. The van der Waals surface area contributed by atoms with E-state index in [0.717, 1.165) is 45.8 Å². The van der Waals surface area contributed by atoms with E-state index >= 15 is 0 Å². The first kappa shape index (κ1) is 15.6. The number of benzene rings is 1. The van der Waals surface area contributed by atoms with E-state index in [0.29, 0.717) is 5.82 Å². The molecule has 3 heterocycles. The van der Waals surface area contributed by atoms with E-state index in [1.165, 1.54) is 23.3 Å². The van der Waals surface area contributed by atoms with Gasteiger partial charge in [-0.3, -0.25) is 0 Å². The number of rotatable bonds is 3. The van der Waals surface area contributed by atoms with Crippen LogP contribution in [0.3, 0.4) is 0 Å². The molecular weight excluding hydrogens is 348 g/mol. The minimum Gasteiger partial charge on any atom is -0.497 e. The molecule has 5 rings (SSSR count). The fraction of sp³-hybridized carbons (Fsp3) is 0.316. The van der Waals surface area contributed by atoms with Crippen LogP contribution in [0.15, 0.2) is 24.5 Å². The summed E-state index contributed by atoms with van der Waals surface area (Å²) in [6.45, 7) is 0. The van der Waals surface area contributed by atoms with Crippen LogP contribution in [0.2, 0.25) is 0 Å². The fourth-order valence-corrected chi connectivity index (χ4v) is 4.88. The second-order valence-electron chi connectivity index (χ2n) is 6.41. The molecule has 0 saturated heterocycles. The van der Waals surface area contributed by atoms with Crippen molar-refractivity contribution in [3.05, 3.63) is 35.0 Å². The molecule has 0 amide bonds. The van der Waals surface area contributed by atoms with Gasteiger partial charge in [-0.1, -0.05) is 0 Å². The highest BCUT2D eigenvalue weighted by Gasteiger charge is 2.21. The van der Waals surface area contributed by atoms with Gasteiger partial charge in [-0.2, -0.15) is 0 Å². The summed E-state index contributed by atoms with van der Waals surface area (Å²) in [6, 6.07) is 5.65. The average Bonchev–Trinajstić information content (AvgIpc) is 3.28. The van der Waals surface area contributed by atoms with Gasteiger partial charge in [-0.25, -0.2) is 14.5 Å². The maximum atomic E-state index is 5.50. The quantitative estimate of drug-likeness (QED) is 0.550. The zero-order valence-corrected chi connectivity index (χ0v) is 15.5. The maximum Gasteiger partial charge on any atom is 0.186 e. The Balaban J connectivity index is 1.76. The maximum absolute atomic E-state index is 5.50. The molecule has 132 valence electrons. The first-order valence-corrected chi connectivity index (χ1v) is 9.48. The van der Waals surface area contributed by atoms with Crippen LogP contribution in [0.5, 0.6) is 11.5 Å². The highest BCUT2D eigenvalue weighted by molar-refractivity contribution is 7.19. The Bertz CT molecular complexity index is 1130. The van der Waals surface area contributed by atoms with Crippen LogP contribution in [0, 0.1) is 0 Å². The zero-order valence-electron chi connectivity index (χ0n) is 14.7. The molecule has 7 heteroatoms. The average molecular weight is 366 g/mol. The molecule has 1 aliphatic carbocycles. The van der Waals surface area contributed by atoms with Crippen LogP contribution >= 0.6 is 11.3 Å². The molecule has 6 nitrogen and oxygen atoms in total. The summed E-state index contributed by atoms with van der Waals surface area (Å²) in [5.74, 6) is 2.08. The summed E-state index contributed by atoms with van der Waals surface area (Å²) in [4.78, 5) is 12.0. The molecule has 0 fully saturated rings. The number of fused-ring (bicyclic) bond motifs is 5. The van der Waals surface area contributed by atoms with Gasteiger partial charge in [0.05, 0.1) is 25.2 Å². The Morgan fingerprint density at radius 3 is 2.85 bits per heavy atom. The van der Waals surface area contributed by atoms with E-state index in [1.54, 1.807) is 36.4 Å². The van der Waals surface area contributed by atoms with Crippen molar-refractivity contribution in [1.29, 1.82) is 0 Å². The van der Waals surface area contributed by atoms with Gasteiger partial charge >= 0.3 is 0 Å². The van der Waals surface area contributed by atoms with Crippen molar-refractivity contribution in [3.63, 3.8) is 0 Å². The summed E-state index contributed by atoms with van der Waals surface area (Å²) < 4.78 is 12.6. The molecule has 3 aromatic heterocycles. The Labute approximate surface area is 154 Å². The summed E-state index contributed by atoms with van der Waals surface area (Å²) in [5, 5.41) is 5.82. The number of thiophene rings is 1. The lowest BCUT2D eigenvalue weighted by atomic mass is 9.97. The smallest absolute Gasteiger partial charge is 0.186 e. The third kappa shape index (κ3) is 2.27. The van der Waals surface area contributed by atoms with Crippen molar-refractivity contribution >= 4 is 27.2 Å². The van der Waals surface area contributed by atoms with Crippen LogP contribution in [0.4, 0.5) is 0 Å². The molecule has 0 atom stereocenters. The van der Waals surface area contributed by atoms with E-state index in [-0.39, 0.29) is 0 Å². The van der Waals surface area contributed by atoms with Gasteiger partial charge in [0, 0.05) is 4.88 Å². The molecule has 26 heavy (non-hydrogen) atoms. The van der Waals surface area contributed by atoms with Gasteiger partial charge < -0.3 is 9.47 Å². The van der Waals surface area contributed by atoms with Crippen molar-refractivity contribution in [2.45, 2.75) is 25.7 Å². The molecule has 1 aliphatic rings. The van der Waals surface area contributed by atoms with E-state index in [1.807, 2.05) is 18.2 Å². The van der Waals surface area contributed by atoms with E-state index in [4.69, 9.17) is 14.5 Å². The van der Waals surface area contributed by atoms with Crippen molar-refractivity contribution in [3.8, 4) is 22.9 Å². The van der Waals surface area contributed by atoms with Gasteiger partial charge in [-0.15, -0.1) is 16.4 Å². The largest absolute Gasteiger partial charge is 0.497 e. The fourth-order valence-electron chi connectivity index (χ4n) is 3.66. The van der Waals surface area contributed by atoms with E-state index in [2.05, 4.69) is 10.1 Å². The van der Waals surface area contributed by atoms with Crippen LogP contribution < -0.4 is 9.47 Å². The standard InChI is InChI=1S/C19H18N4O2S/c1-24-11-7-8-14(25-2)13(9-11)17-21-18-16-12-5-3-4-6-15(12)26-19(16)20-10-23(18)22-17/h7-10H,3-6H2,1-2H3. The van der Waals surface area contributed by atoms with Crippen LogP contribution in [0.25, 0.3) is 27.3 Å². The van der Waals surface area contributed by atoms with E-state index in [9.17, 15) is 0 Å². The Kier molecular flexibility index (Phi) is 3.56. The highest BCUT2D eigenvalue weighted by Crippen LogP contribution is 2.38. The number of aryl methyl sites for hydroxylation is 2. The third-order valence-electron chi connectivity index (χ3n) is 4.94. The molecule has 0 bridgehead atoms. The lowest BCUT2D eigenvalue weighted by Gasteiger charge is -2.09. The molecule has 0 radical (unpaired) electrons. The van der Waals surface area contributed by atoms with Crippen LogP contribution in [0.1, 0.15) is 23.3 Å². The van der Waals surface area contributed by atoms with Gasteiger partial charge in [0.25, 0.3) is 0 Å². The number of aromatic nitrogens is 4. The summed E-state index contributed by atoms with van der Waals surface area (Å²) in [7, 11) is 3.30. The summed E-state index contributed by atoms with van der Waals surface area (Å²) in [6.07, 6.45) is 6.48. The lowest BCUT2D eigenvalue weighted by Crippen LogP contribution is -1.99. The number of nitrogens with zero attached hydrogens (tertiary/aromatic N) is 4. The van der Waals surface area contributed by atoms with Crippen LogP contribution in [-0.4, -0.2) is 33.8 Å². The molecule has 0 saturated carbocycles. The van der Waals surface area contributed by atoms with E-state index < -0.39 is 0 Å². The van der Waals surface area contributed by atoms with Crippen LogP contribution in [-0.2, 0) is 12.8 Å². The normalized spacial score (nSPS) is 13.9. The first-order chi connectivity index (χ1) is 12.8. The number of ether oxygens (including phenoxy) is 2. The molecule has 0 unspecified atom stereocenters. The Morgan fingerprint density at radius 2 is 2.00 bits per heavy atom. The zero-order chi connectivity index (χ0) is 17.7. The third-order valence-corrected chi connectivity index (χ3v) is 6.14. The topological polar surface area (TPSA) is 61.5 Å². The monoisotopic (exact) mass is 366 g/mol. The molecule has 0 spiro atoms. The second kappa shape index (κ2) is 5.95. The second-order valence-corrected chi connectivity index (χ2v) is 7.49. The van der Waals surface area contributed by atoms with Crippen molar-refractivity contribution in [2.75, 3.05) is 14.2 Å². The summed E-state index contributed by atoms with van der Waals surface area (Å²) in [5.41, 5.74) is 3.09. The SMILES string of the molecule is COc1ccc(OC)c(-c2nc3c4c5c(sc4ncn3n2)CCCC5)c1. The van der Waals surface area contributed by atoms with Gasteiger partial charge in [0.15, 0.2) is 11.5 Å². The first-order valence-electron chi connectivity index (χ1n) is 8.66. The Morgan fingerprint density at radius 1 is 1.12 bits per heavy atom.